The molecule has 2 rings (SSSR count). The predicted octanol–water partition coefficient (Wildman–Crippen LogP) is 2.70. The molecule has 26 heavy (non-hydrogen) atoms. The topological polar surface area (TPSA) is 59.8 Å². The first-order chi connectivity index (χ1) is 12.3. The number of rotatable bonds is 7. The standard InChI is InChI=1S/C20H23BrN2O3/c1-13(20(25)22-18-7-5-6-15(11-18)14(2)24)23(3)12-16-10-17(21)8-9-19(16)26-4/h5-11,13H,12H2,1-4H3,(H,22,25)/p+1/t13-/m1/s1. The van der Waals surface area contributed by atoms with Gasteiger partial charge in [-0.2, -0.15) is 0 Å². The van der Waals surface area contributed by atoms with Crippen molar-refractivity contribution in [2.75, 3.05) is 19.5 Å². The van der Waals surface area contributed by atoms with Crippen LogP contribution in [0.1, 0.15) is 29.8 Å². The molecule has 6 heteroatoms. The van der Waals surface area contributed by atoms with E-state index in [2.05, 4.69) is 21.2 Å². The summed E-state index contributed by atoms with van der Waals surface area (Å²) < 4.78 is 6.38. The Morgan fingerprint density at radius 1 is 1.23 bits per heavy atom. The van der Waals surface area contributed by atoms with Crippen LogP contribution in [0.3, 0.4) is 0 Å². The van der Waals surface area contributed by atoms with E-state index in [4.69, 9.17) is 4.74 Å². The number of ether oxygens (including phenoxy) is 1. The van der Waals surface area contributed by atoms with Gasteiger partial charge in [0.05, 0.1) is 14.2 Å². The van der Waals surface area contributed by atoms with Gasteiger partial charge in [0.2, 0.25) is 0 Å². The zero-order chi connectivity index (χ0) is 19.3. The molecule has 0 aliphatic rings. The van der Waals surface area contributed by atoms with Crippen LogP contribution in [0.25, 0.3) is 0 Å². The summed E-state index contributed by atoms with van der Waals surface area (Å²) in [5.41, 5.74) is 2.23. The maximum absolute atomic E-state index is 12.6. The van der Waals surface area contributed by atoms with Gasteiger partial charge in [0.1, 0.15) is 12.3 Å². The second-order valence-electron chi connectivity index (χ2n) is 6.33. The van der Waals surface area contributed by atoms with Gasteiger partial charge >= 0.3 is 0 Å². The van der Waals surface area contributed by atoms with Crippen LogP contribution < -0.4 is 15.0 Å². The number of hydrogen-bond acceptors (Lipinski definition) is 3. The van der Waals surface area contributed by atoms with E-state index in [1.165, 1.54) is 6.92 Å². The number of likely N-dealkylation sites (N-methyl/N-ethyl adjacent to an activating group) is 1. The third kappa shape index (κ3) is 5.16. The normalized spacial score (nSPS) is 13.0. The quantitative estimate of drug-likeness (QED) is 0.678. The molecule has 0 fully saturated rings. The van der Waals surface area contributed by atoms with Crippen LogP contribution in [0, 0.1) is 0 Å². The van der Waals surface area contributed by atoms with Gasteiger partial charge in [0.25, 0.3) is 5.91 Å². The molecule has 2 atom stereocenters. The summed E-state index contributed by atoms with van der Waals surface area (Å²) in [4.78, 5) is 25.1. The minimum atomic E-state index is -0.278. The maximum atomic E-state index is 12.6. The summed E-state index contributed by atoms with van der Waals surface area (Å²) in [7, 11) is 3.61. The average Bonchev–Trinajstić information content (AvgIpc) is 2.61. The Hall–Kier alpha value is -2.18. The van der Waals surface area contributed by atoms with Crippen LogP contribution in [0.2, 0.25) is 0 Å². The molecule has 2 N–H and O–H groups in total. The molecule has 0 bridgehead atoms. The van der Waals surface area contributed by atoms with E-state index in [9.17, 15) is 9.59 Å². The summed E-state index contributed by atoms with van der Waals surface area (Å²) in [6, 6.07) is 12.5. The number of Topliss-reactive ketones (excluding diaryl/α,β-unsaturated/α-hetero) is 1. The van der Waals surface area contributed by atoms with Crippen molar-refractivity contribution in [1.29, 1.82) is 0 Å². The summed E-state index contributed by atoms with van der Waals surface area (Å²) >= 11 is 3.47. The van der Waals surface area contributed by atoms with Crippen molar-refractivity contribution in [3.8, 4) is 5.75 Å². The molecule has 2 aromatic rings. The lowest BCUT2D eigenvalue weighted by molar-refractivity contribution is -0.907. The van der Waals surface area contributed by atoms with E-state index in [0.717, 1.165) is 20.7 Å². The van der Waals surface area contributed by atoms with Crippen molar-refractivity contribution >= 4 is 33.3 Å². The average molecular weight is 420 g/mol. The molecule has 1 amide bonds. The second kappa shape index (κ2) is 8.96. The zero-order valence-electron chi connectivity index (χ0n) is 15.4. The fourth-order valence-electron chi connectivity index (χ4n) is 2.63. The van der Waals surface area contributed by atoms with E-state index in [-0.39, 0.29) is 17.7 Å². The van der Waals surface area contributed by atoms with Crippen molar-refractivity contribution in [3.05, 3.63) is 58.1 Å². The van der Waals surface area contributed by atoms with Crippen molar-refractivity contribution in [1.82, 2.24) is 0 Å². The number of carbonyl (C=O) groups is 2. The van der Waals surface area contributed by atoms with Crippen molar-refractivity contribution in [3.63, 3.8) is 0 Å². The lowest BCUT2D eigenvalue weighted by Crippen LogP contribution is -3.12. The highest BCUT2D eigenvalue weighted by molar-refractivity contribution is 9.10. The minimum absolute atomic E-state index is 0.0290. The highest BCUT2D eigenvalue weighted by atomic mass is 79.9. The molecule has 0 aromatic heterocycles. The van der Waals surface area contributed by atoms with Gasteiger partial charge in [0.15, 0.2) is 11.8 Å². The summed E-state index contributed by atoms with van der Waals surface area (Å²) in [5.74, 6) is 0.671. The van der Waals surface area contributed by atoms with E-state index in [1.807, 2.05) is 32.2 Å². The first kappa shape index (κ1) is 20.1. The number of methoxy groups -OCH3 is 1. The summed E-state index contributed by atoms with van der Waals surface area (Å²) in [6.45, 7) is 4.03. The second-order valence-corrected chi connectivity index (χ2v) is 7.24. The molecule has 5 nitrogen and oxygen atoms in total. The molecule has 0 heterocycles. The Balaban J connectivity index is 2.07. The van der Waals surface area contributed by atoms with Crippen molar-refractivity contribution in [2.45, 2.75) is 26.4 Å². The Labute approximate surface area is 162 Å². The summed E-state index contributed by atoms with van der Waals surface area (Å²) in [6.07, 6.45) is 0. The van der Waals surface area contributed by atoms with Gasteiger partial charge in [-0.3, -0.25) is 9.59 Å². The molecule has 0 aliphatic carbocycles. The first-order valence-corrected chi connectivity index (χ1v) is 9.17. The number of benzene rings is 2. The van der Waals surface area contributed by atoms with Gasteiger partial charge in [-0.15, -0.1) is 0 Å². The van der Waals surface area contributed by atoms with E-state index < -0.39 is 0 Å². The first-order valence-electron chi connectivity index (χ1n) is 8.38. The number of amides is 1. The van der Waals surface area contributed by atoms with E-state index >= 15 is 0 Å². The Bertz CT molecular complexity index is 807. The molecule has 0 aliphatic heterocycles. The number of nitrogens with one attached hydrogen (secondary N) is 2. The molecular weight excluding hydrogens is 396 g/mol. The third-order valence-electron chi connectivity index (χ3n) is 4.38. The van der Waals surface area contributed by atoms with E-state index in [1.54, 1.807) is 31.4 Å². The van der Waals surface area contributed by atoms with Crippen LogP contribution in [0.4, 0.5) is 5.69 Å². The molecule has 0 radical (unpaired) electrons. The molecule has 138 valence electrons. The molecule has 0 saturated heterocycles. The number of anilines is 1. The zero-order valence-corrected chi connectivity index (χ0v) is 17.0. The van der Waals surface area contributed by atoms with Crippen molar-refractivity contribution < 1.29 is 19.2 Å². The lowest BCUT2D eigenvalue weighted by Gasteiger charge is -2.22. The maximum Gasteiger partial charge on any atom is 0.282 e. The van der Waals surface area contributed by atoms with Gasteiger partial charge in [-0.05, 0) is 44.2 Å². The van der Waals surface area contributed by atoms with Crippen molar-refractivity contribution in [2.24, 2.45) is 0 Å². The summed E-state index contributed by atoms with van der Waals surface area (Å²) in [5, 5.41) is 2.89. The van der Waals surface area contributed by atoms with E-state index in [0.29, 0.717) is 17.8 Å². The number of hydrogen-bond donors (Lipinski definition) is 2. The van der Waals surface area contributed by atoms with Gasteiger partial charge in [-0.1, -0.05) is 28.1 Å². The molecule has 2 aromatic carbocycles. The Morgan fingerprint density at radius 3 is 2.62 bits per heavy atom. The monoisotopic (exact) mass is 419 g/mol. The Kier molecular flexibility index (Phi) is 6.94. The minimum Gasteiger partial charge on any atom is -0.496 e. The molecule has 1 unspecified atom stereocenters. The number of carbonyl (C=O) groups excluding carboxylic acids is 2. The fourth-order valence-corrected chi connectivity index (χ4v) is 3.04. The van der Waals surface area contributed by atoms with Crippen LogP contribution in [-0.4, -0.2) is 31.9 Å². The predicted molar refractivity (Wildman–Crippen MR) is 106 cm³/mol. The highest BCUT2D eigenvalue weighted by Gasteiger charge is 2.23. The fraction of sp³-hybridized carbons (Fsp3) is 0.300. The SMILES string of the molecule is COc1ccc(Br)cc1C[NH+](C)[C@H](C)C(=O)Nc1cccc(C(C)=O)c1. The molecule has 0 spiro atoms. The van der Waals surface area contributed by atoms with Crippen LogP contribution in [0.5, 0.6) is 5.75 Å². The largest absolute Gasteiger partial charge is 0.496 e. The van der Waals surface area contributed by atoms with Gasteiger partial charge in [0, 0.05) is 21.3 Å². The van der Waals surface area contributed by atoms with Crippen LogP contribution in [0.15, 0.2) is 46.9 Å². The van der Waals surface area contributed by atoms with Gasteiger partial charge < -0.3 is 15.0 Å². The Morgan fingerprint density at radius 2 is 1.96 bits per heavy atom. The van der Waals surface area contributed by atoms with Crippen LogP contribution in [-0.2, 0) is 11.3 Å². The number of ketones is 1. The lowest BCUT2D eigenvalue weighted by atomic mass is 10.1. The smallest absolute Gasteiger partial charge is 0.282 e. The van der Waals surface area contributed by atoms with Crippen LogP contribution >= 0.6 is 15.9 Å². The molecule has 0 saturated carbocycles. The number of halogens is 1. The third-order valence-corrected chi connectivity index (χ3v) is 4.87. The number of quaternary nitrogens is 1. The highest BCUT2D eigenvalue weighted by Crippen LogP contribution is 2.22. The van der Waals surface area contributed by atoms with Gasteiger partial charge in [-0.25, -0.2) is 0 Å². The molecular formula is C20H24BrN2O3+.